The molecule has 14 nitrogen and oxygen atoms in total. The summed E-state index contributed by atoms with van der Waals surface area (Å²) in [7, 11) is -28.0. The maximum absolute atomic E-state index is 14.1. The SMILES string of the molecule is CC(C)C[Si]12O[Si]3(CCCSC(C)C(=O)c4ccc5cc(N(C)C)ccc5c4)O[Si]4(CC(C)C)O[Si](CC(C)C)(O1)O[Si]1(CC(C)C)O[Si](CC(C)C)(O2)O[Si](CC(C)C)(O3)O[Si](CC(C)C)(O4)O1. The van der Waals surface area contributed by atoms with Crippen LogP contribution in [0.3, 0.4) is 0 Å². The number of carbonyl (C=O) groups is 1. The van der Waals surface area contributed by atoms with Crippen LogP contribution in [0.2, 0.25) is 48.4 Å². The van der Waals surface area contributed by atoms with Crippen molar-refractivity contribution in [2.24, 2.45) is 41.4 Å². The molecule has 1 atom stereocenters. The van der Waals surface area contributed by atoms with Gasteiger partial charge in [-0.15, -0.1) is 0 Å². The van der Waals surface area contributed by atoms with Crippen molar-refractivity contribution < 1.29 is 54.2 Å². The van der Waals surface area contributed by atoms with Gasteiger partial charge in [0.15, 0.2) is 5.78 Å². The summed E-state index contributed by atoms with van der Waals surface area (Å²) in [6.07, 6.45) is 0.607. The van der Waals surface area contributed by atoms with Crippen LogP contribution in [0, 0.1) is 41.4 Å². The Kier molecular flexibility index (Phi) is 17.5. The van der Waals surface area contributed by atoms with Gasteiger partial charge in [0.25, 0.3) is 0 Å². The van der Waals surface area contributed by atoms with E-state index in [1.54, 1.807) is 11.8 Å². The Balaban J connectivity index is 1.37. The van der Waals surface area contributed by atoms with Crippen molar-refractivity contribution in [1.29, 1.82) is 0 Å². The van der Waals surface area contributed by atoms with E-state index >= 15 is 0 Å². The summed E-state index contributed by atoms with van der Waals surface area (Å²) in [4.78, 5) is 16.2. The summed E-state index contributed by atoms with van der Waals surface area (Å²) in [6, 6.07) is 15.9. The molecule has 0 aromatic heterocycles. The van der Waals surface area contributed by atoms with Crippen LogP contribution in [0.25, 0.3) is 10.8 Å². The topological polar surface area (TPSA) is 131 Å². The van der Waals surface area contributed by atoms with Gasteiger partial charge < -0.3 is 54.3 Å². The average molecular weight is 1120 g/mol. The lowest BCUT2D eigenvalue weighted by atomic mass is 10.0. The first-order chi connectivity index (χ1) is 32.1. The number of thioether (sulfide) groups is 1. The van der Waals surface area contributed by atoms with Crippen LogP contribution in [0.4, 0.5) is 5.69 Å². The third kappa shape index (κ3) is 13.2. The molecule has 2 aromatic carbocycles. The van der Waals surface area contributed by atoms with Gasteiger partial charge in [-0.1, -0.05) is 115 Å². The minimum atomic E-state index is -4.10. The third-order valence-corrected chi connectivity index (χ3v) is 53.6. The van der Waals surface area contributed by atoms with E-state index in [1.807, 2.05) is 39.2 Å². The van der Waals surface area contributed by atoms with Gasteiger partial charge in [0.05, 0.1) is 5.25 Å². The monoisotopic (exact) mass is 1120 g/mol. The fraction of sp³-hybridized carbons (Fsp3) is 0.761. The first-order valence-electron chi connectivity index (χ1n) is 25.9. The molecule has 6 fully saturated rings. The summed E-state index contributed by atoms with van der Waals surface area (Å²) in [5.74, 6) is 1.36. The summed E-state index contributed by atoms with van der Waals surface area (Å²) < 4.78 is 94.7. The maximum atomic E-state index is 14.1. The minimum Gasteiger partial charge on any atom is -0.378 e. The Morgan fingerprint density at radius 1 is 0.435 bits per heavy atom. The van der Waals surface area contributed by atoms with Crippen LogP contribution in [-0.2, 0) is 49.4 Å². The van der Waals surface area contributed by atoms with Crippen LogP contribution in [0.5, 0.6) is 0 Å². The molecule has 6 saturated heterocycles. The maximum Gasteiger partial charge on any atom is 0.479 e. The Morgan fingerprint density at radius 2 is 0.725 bits per heavy atom. The van der Waals surface area contributed by atoms with E-state index in [2.05, 4.69) is 120 Å². The van der Waals surface area contributed by atoms with Crippen LogP contribution in [0.15, 0.2) is 36.4 Å². The van der Waals surface area contributed by atoms with Crippen molar-refractivity contribution in [1.82, 2.24) is 0 Å². The highest BCUT2D eigenvalue weighted by molar-refractivity contribution is 8.00. The molecular weight excluding hydrogens is 1030 g/mol. The molecule has 6 aliphatic rings. The zero-order chi connectivity index (χ0) is 50.6. The second-order valence-corrected chi connectivity index (χ2v) is 49.0. The summed E-state index contributed by atoms with van der Waals surface area (Å²) in [6.45, 7) is 32.3. The first-order valence-corrected chi connectivity index (χ1v) is 42.4. The van der Waals surface area contributed by atoms with E-state index in [1.165, 1.54) is 0 Å². The molecule has 390 valence electrons. The Morgan fingerprint density at radius 3 is 1.03 bits per heavy atom. The molecular formula is C46H85NO13SSi8. The molecule has 0 spiro atoms. The van der Waals surface area contributed by atoms with Gasteiger partial charge in [0.2, 0.25) is 0 Å². The van der Waals surface area contributed by atoms with Crippen LogP contribution in [-0.4, -0.2) is 101 Å². The number of fused-ring (bicyclic) bond motifs is 1. The van der Waals surface area contributed by atoms with Crippen molar-refractivity contribution in [2.45, 2.75) is 164 Å². The second kappa shape index (κ2) is 21.4. The fourth-order valence-electron chi connectivity index (χ4n) is 10.4. The van der Waals surface area contributed by atoms with Crippen molar-refractivity contribution >= 4 is 104 Å². The smallest absolute Gasteiger partial charge is 0.378 e. The Hall–Kier alpha value is -0.225. The zero-order valence-electron chi connectivity index (χ0n) is 44.8. The van der Waals surface area contributed by atoms with E-state index in [-0.39, 0.29) is 52.5 Å². The van der Waals surface area contributed by atoms with Crippen molar-refractivity contribution in [3.05, 3.63) is 42.0 Å². The molecule has 0 N–H and O–H groups in total. The lowest BCUT2D eigenvalue weighted by Gasteiger charge is -2.64. The molecule has 8 bridgehead atoms. The first kappa shape index (κ1) is 56.5. The lowest BCUT2D eigenvalue weighted by Crippen LogP contribution is -2.88. The van der Waals surface area contributed by atoms with Crippen molar-refractivity contribution in [3.8, 4) is 0 Å². The predicted molar refractivity (Wildman–Crippen MR) is 291 cm³/mol. The summed E-state index contributed by atoms with van der Waals surface area (Å²) in [5.41, 5.74) is 1.82. The number of rotatable bonds is 22. The molecule has 1 unspecified atom stereocenters. The van der Waals surface area contributed by atoms with E-state index in [9.17, 15) is 4.79 Å². The van der Waals surface area contributed by atoms with Gasteiger partial charge in [-0.3, -0.25) is 4.79 Å². The van der Waals surface area contributed by atoms with E-state index < -0.39 is 70.4 Å². The van der Waals surface area contributed by atoms with Crippen LogP contribution in [0.1, 0.15) is 121 Å². The highest BCUT2D eigenvalue weighted by atomic mass is 32.2. The highest BCUT2D eigenvalue weighted by Gasteiger charge is 2.83. The number of carbonyl (C=O) groups excluding carboxylic acids is 1. The van der Waals surface area contributed by atoms with E-state index in [0.717, 1.165) is 16.5 Å². The number of ketones is 1. The molecule has 0 radical (unpaired) electrons. The lowest BCUT2D eigenvalue weighted by molar-refractivity contribution is -0.0340. The van der Waals surface area contributed by atoms with Crippen LogP contribution >= 0.6 is 11.8 Å². The number of benzene rings is 2. The molecule has 0 saturated carbocycles. The van der Waals surface area contributed by atoms with Gasteiger partial charge >= 0.3 is 70.4 Å². The van der Waals surface area contributed by atoms with E-state index in [4.69, 9.17) is 49.4 Å². The molecule has 8 rings (SSSR count). The molecule has 0 amide bonds. The molecule has 2 aromatic rings. The zero-order valence-corrected chi connectivity index (χ0v) is 53.6. The van der Waals surface area contributed by atoms with Gasteiger partial charge in [0.1, 0.15) is 0 Å². The molecule has 69 heavy (non-hydrogen) atoms. The molecule has 6 heterocycles. The van der Waals surface area contributed by atoms with Gasteiger partial charge in [-0.25, -0.2) is 0 Å². The van der Waals surface area contributed by atoms with Gasteiger partial charge in [-0.05, 0) is 89.5 Å². The normalized spacial score (nSPS) is 34.9. The molecule has 23 heteroatoms. The van der Waals surface area contributed by atoms with Crippen LogP contribution < -0.4 is 4.90 Å². The predicted octanol–water partition coefficient (Wildman–Crippen LogP) is 12.0. The number of Topliss-reactive ketones (excluding diaryl/α,β-unsaturated/α-hetero) is 1. The quantitative estimate of drug-likeness (QED) is 0.0629. The minimum absolute atomic E-state index is 0.0781. The standard InChI is InChI=1S/C46H85NO13SSi8/c1-34(2)27-63-49-62(24-18-23-61-41(15)46(48)44-20-19-43-26-45(47(16)17)22-21-42(43)25-44)50-64(28-35(3)4)54-66(52-63,30-37(7)8)58-69(33-40(13)14)59-67(53-63,31-38(9)10)55-65(51-62,29-36(5)6)57-68(56-64,60-69)32-39(11)12/h19-22,25-26,34-41H,18,23-24,27-33H2,1-17H3. The van der Waals surface area contributed by atoms with Crippen molar-refractivity contribution in [3.63, 3.8) is 0 Å². The van der Waals surface area contributed by atoms with E-state index in [0.29, 0.717) is 66.1 Å². The highest BCUT2D eigenvalue weighted by Crippen LogP contribution is 2.56. The molecule has 0 aliphatic carbocycles. The number of hydrogen-bond acceptors (Lipinski definition) is 15. The molecule has 6 aliphatic heterocycles. The number of hydrogen-bond donors (Lipinski definition) is 0. The third-order valence-electron chi connectivity index (χ3n) is 12.3. The summed E-state index contributed by atoms with van der Waals surface area (Å²) >= 11 is 1.63. The number of anilines is 1. The average Bonchev–Trinajstić information content (AvgIpc) is 3.13. The van der Waals surface area contributed by atoms with Gasteiger partial charge in [0, 0.05) is 73.7 Å². The largest absolute Gasteiger partial charge is 0.479 e. The Labute approximate surface area is 428 Å². The van der Waals surface area contributed by atoms with Crippen molar-refractivity contribution in [2.75, 3.05) is 24.7 Å². The summed E-state index contributed by atoms with van der Waals surface area (Å²) in [5, 5.41) is 1.85. The second-order valence-electron chi connectivity index (χ2n) is 23.5. The van der Waals surface area contributed by atoms with Gasteiger partial charge in [-0.2, -0.15) is 11.8 Å². The number of nitrogens with zero attached hydrogens (tertiary/aromatic N) is 1. The Bertz CT molecular complexity index is 1970. The fourth-order valence-corrected chi connectivity index (χ4v) is 63.2.